The molecule has 0 bridgehead atoms. The van der Waals surface area contributed by atoms with Crippen LogP contribution in [-0.4, -0.2) is 37.2 Å². The third-order valence-electron chi connectivity index (χ3n) is 7.30. The number of nitrogens with zero attached hydrogens (tertiary/aromatic N) is 2. The molecular formula is C29H30N2O3. The molecule has 5 rings (SSSR count). The van der Waals surface area contributed by atoms with Crippen LogP contribution in [0.4, 0.5) is 5.69 Å². The van der Waals surface area contributed by atoms with E-state index < -0.39 is 5.66 Å². The second-order valence-electron chi connectivity index (χ2n) is 9.37. The lowest BCUT2D eigenvalue weighted by atomic mass is 9.74. The summed E-state index contributed by atoms with van der Waals surface area (Å²) in [6, 6.07) is 24.5. The Balaban J connectivity index is 1.65. The number of hydrogen-bond acceptors (Lipinski definition) is 4. The van der Waals surface area contributed by atoms with Crippen LogP contribution in [0.2, 0.25) is 0 Å². The molecule has 0 N–H and O–H groups in total. The Morgan fingerprint density at radius 3 is 2.35 bits per heavy atom. The van der Waals surface area contributed by atoms with E-state index in [1.807, 2.05) is 47.4 Å². The standard InChI is InChI=1S/C29H30N2O3/c1-28(2)23-12-8-9-13-24(23)30-20-27(32)31(19-22-10-6-5-7-11-22)29(28,30)17-16-21-14-15-25(33-3)26(18-21)34-4/h5-18H,19-20H2,1-4H3. The van der Waals surface area contributed by atoms with Gasteiger partial charge in [0.1, 0.15) is 5.66 Å². The van der Waals surface area contributed by atoms with Crippen molar-refractivity contribution < 1.29 is 14.3 Å². The molecule has 0 radical (unpaired) electrons. The number of fused-ring (bicyclic) bond motifs is 3. The zero-order chi connectivity index (χ0) is 23.9. The van der Waals surface area contributed by atoms with Gasteiger partial charge < -0.3 is 19.3 Å². The minimum absolute atomic E-state index is 0.128. The van der Waals surface area contributed by atoms with Gasteiger partial charge in [-0.05, 0) is 41.0 Å². The van der Waals surface area contributed by atoms with Gasteiger partial charge in [0.25, 0.3) is 0 Å². The highest BCUT2D eigenvalue weighted by Gasteiger charge is 2.63. The van der Waals surface area contributed by atoms with Crippen LogP contribution in [0.15, 0.2) is 78.9 Å². The van der Waals surface area contributed by atoms with Gasteiger partial charge in [0.15, 0.2) is 11.5 Å². The molecule has 34 heavy (non-hydrogen) atoms. The van der Waals surface area contributed by atoms with Crippen LogP contribution in [0.5, 0.6) is 11.5 Å². The van der Waals surface area contributed by atoms with E-state index in [9.17, 15) is 4.79 Å². The summed E-state index contributed by atoms with van der Waals surface area (Å²) in [6.07, 6.45) is 4.29. The first-order chi connectivity index (χ1) is 16.4. The number of ether oxygens (including phenoxy) is 2. The van der Waals surface area contributed by atoms with Crippen LogP contribution < -0.4 is 14.4 Å². The summed E-state index contributed by atoms with van der Waals surface area (Å²) in [5.41, 5.74) is 3.49. The number of carbonyl (C=O) groups excluding carboxylic acids is 1. The molecule has 2 aliphatic rings. The number of carbonyl (C=O) groups is 1. The average molecular weight is 455 g/mol. The van der Waals surface area contributed by atoms with Crippen molar-refractivity contribution in [2.45, 2.75) is 31.5 Å². The largest absolute Gasteiger partial charge is 0.493 e. The first-order valence-corrected chi connectivity index (χ1v) is 11.5. The lowest BCUT2D eigenvalue weighted by molar-refractivity contribution is -0.131. The van der Waals surface area contributed by atoms with Crippen molar-refractivity contribution in [1.82, 2.24) is 4.90 Å². The van der Waals surface area contributed by atoms with Gasteiger partial charge >= 0.3 is 0 Å². The SMILES string of the molecule is COc1ccc(C=CC23N(Cc4ccccc4)C(=O)CN2c2ccccc2C3(C)C)cc1OC. The zero-order valence-corrected chi connectivity index (χ0v) is 20.1. The van der Waals surface area contributed by atoms with E-state index in [1.165, 1.54) is 5.56 Å². The first kappa shape index (κ1) is 22.1. The van der Waals surface area contributed by atoms with Crippen molar-refractivity contribution in [2.24, 2.45) is 0 Å². The van der Waals surface area contributed by atoms with Crippen LogP contribution in [-0.2, 0) is 16.8 Å². The van der Waals surface area contributed by atoms with Crippen molar-refractivity contribution in [2.75, 3.05) is 25.7 Å². The number of benzene rings is 3. The second kappa shape index (κ2) is 8.24. The molecule has 174 valence electrons. The topological polar surface area (TPSA) is 42.0 Å². The third-order valence-corrected chi connectivity index (χ3v) is 7.30. The van der Waals surface area contributed by atoms with E-state index in [-0.39, 0.29) is 11.3 Å². The molecule has 1 saturated heterocycles. The first-order valence-electron chi connectivity index (χ1n) is 11.5. The van der Waals surface area contributed by atoms with Crippen LogP contribution in [0.3, 0.4) is 0 Å². The fourth-order valence-electron chi connectivity index (χ4n) is 5.59. The van der Waals surface area contributed by atoms with Gasteiger partial charge in [-0.3, -0.25) is 4.79 Å². The summed E-state index contributed by atoms with van der Waals surface area (Å²) in [7, 11) is 3.27. The maximum absolute atomic E-state index is 13.5. The normalized spacial score (nSPS) is 20.5. The number of methoxy groups -OCH3 is 2. The van der Waals surface area contributed by atoms with E-state index >= 15 is 0 Å². The highest BCUT2D eigenvalue weighted by Crippen LogP contribution is 2.56. The van der Waals surface area contributed by atoms with E-state index in [0.29, 0.717) is 24.6 Å². The molecular weight excluding hydrogens is 424 g/mol. The summed E-state index contributed by atoms with van der Waals surface area (Å²) in [5, 5.41) is 0. The summed E-state index contributed by atoms with van der Waals surface area (Å²) >= 11 is 0. The van der Waals surface area contributed by atoms with Crippen LogP contribution in [0.1, 0.15) is 30.5 Å². The fraction of sp³-hybridized carbons (Fsp3) is 0.276. The molecule has 0 saturated carbocycles. The molecule has 1 unspecified atom stereocenters. The van der Waals surface area contributed by atoms with Gasteiger partial charge in [0.2, 0.25) is 5.91 Å². The van der Waals surface area contributed by atoms with Crippen LogP contribution in [0, 0.1) is 0 Å². The molecule has 2 aliphatic heterocycles. The molecule has 5 heteroatoms. The molecule has 1 amide bonds. The summed E-state index contributed by atoms with van der Waals surface area (Å²) in [6.45, 7) is 5.37. The van der Waals surface area contributed by atoms with E-state index in [2.05, 4.69) is 61.2 Å². The molecule has 3 aromatic carbocycles. The van der Waals surface area contributed by atoms with Gasteiger partial charge in [-0.2, -0.15) is 0 Å². The quantitative estimate of drug-likeness (QED) is 0.510. The number of para-hydroxylation sites is 1. The van der Waals surface area contributed by atoms with Crippen molar-refractivity contribution in [3.05, 3.63) is 95.6 Å². The van der Waals surface area contributed by atoms with Crippen molar-refractivity contribution in [1.29, 1.82) is 0 Å². The molecule has 1 fully saturated rings. The maximum Gasteiger partial charge on any atom is 0.244 e. The van der Waals surface area contributed by atoms with Gasteiger partial charge in [0, 0.05) is 17.6 Å². The number of hydrogen-bond donors (Lipinski definition) is 0. The average Bonchev–Trinajstić information content (AvgIpc) is 3.24. The minimum atomic E-state index is -0.642. The Morgan fingerprint density at radius 2 is 1.62 bits per heavy atom. The van der Waals surface area contributed by atoms with Gasteiger partial charge in [-0.25, -0.2) is 0 Å². The molecule has 5 nitrogen and oxygen atoms in total. The minimum Gasteiger partial charge on any atom is -0.493 e. The molecule has 0 aliphatic carbocycles. The predicted molar refractivity (Wildman–Crippen MR) is 135 cm³/mol. The van der Waals surface area contributed by atoms with Gasteiger partial charge in [-0.15, -0.1) is 0 Å². The molecule has 3 aromatic rings. The number of rotatable bonds is 6. The zero-order valence-electron chi connectivity index (χ0n) is 20.1. The van der Waals surface area contributed by atoms with E-state index in [1.54, 1.807) is 14.2 Å². The Bertz CT molecular complexity index is 1250. The molecule has 0 spiro atoms. The van der Waals surface area contributed by atoms with Gasteiger partial charge in [0.05, 0.1) is 20.8 Å². The summed E-state index contributed by atoms with van der Waals surface area (Å²) in [4.78, 5) is 17.8. The smallest absolute Gasteiger partial charge is 0.244 e. The van der Waals surface area contributed by atoms with Crippen LogP contribution in [0.25, 0.3) is 6.08 Å². The molecule has 0 aromatic heterocycles. The van der Waals surface area contributed by atoms with E-state index in [4.69, 9.17) is 9.47 Å². The van der Waals surface area contributed by atoms with Gasteiger partial charge in [-0.1, -0.05) is 74.5 Å². The number of anilines is 1. The fourth-order valence-corrected chi connectivity index (χ4v) is 5.59. The monoisotopic (exact) mass is 454 g/mol. The third kappa shape index (κ3) is 3.18. The molecule has 1 atom stereocenters. The maximum atomic E-state index is 13.5. The Hall–Kier alpha value is -3.73. The predicted octanol–water partition coefficient (Wildman–Crippen LogP) is 5.25. The van der Waals surface area contributed by atoms with Crippen molar-refractivity contribution in [3.63, 3.8) is 0 Å². The lowest BCUT2D eigenvalue weighted by Gasteiger charge is -2.46. The summed E-state index contributed by atoms with van der Waals surface area (Å²) in [5.74, 6) is 1.50. The van der Waals surface area contributed by atoms with Crippen LogP contribution >= 0.6 is 0 Å². The highest BCUT2D eigenvalue weighted by molar-refractivity contribution is 5.91. The Morgan fingerprint density at radius 1 is 0.912 bits per heavy atom. The van der Waals surface area contributed by atoms with E-state index in [0.717, 1.165) is 16.8 Å². The van der Waals surface area contributed by atoms with Crippen molar-refractivity contribution >= 4 is 17.7 Å². The summed E-state index contributed by atoms with van der Waals surface area (Å²) < 4.78 is 10.9. The molecule has 2 heterocycles. The van der Waals surface area contributed by atoms with Crippen molar-refractivity contribution in [3.8, 4) is 11.5 Å². The second-order valence-corrected chi connectivity index (χ2v) is 9.37. The lowest BCUT2D eigenvalue weighted by Crippen LogP contribution is -2.60. The Kier molecular flexibility index (Phi) is 5.35. The highest BCUT2D eigenvalue weighted by atomic mass is 16.5. The number of amides is 1. The Labute approximate surface area is 201 Å².